The molecule has 154 valence electrons. The van der Waals surface area contributed by atoms with Crippen molar-refractivity contribution in [2.24, 2.45) is 0 Å². The number of rotatable bonds is 9. The number of hydrogen-bond donors (Lipinski definition) is 1. The maximum Gasteiger partial charge on any atom is 0.274 e. The van der Waals surface area contributed by atoms with E-state index in [1.54, 1.807) is 11.1 Å². The summed E-state index contributed by atoms with van der Waals surface area (Å²) >= 11 is 0. The SMILES string of the molecule is Cc1cnc(C(=O)N(CCC(=O)NCCc2ccccc2)Cc2ccccc2)cn1. The highest BCUT2D eigenvalue weighted by Crippen LogP contribution is 2.09. The van der Waals surface area contributed by atoms with Gasteiger partial charge in [0.1, 0.15) is 5.69 Å². The van der Waals surface area contributed by atoms with E-state index >= 15 is 0 Å². The third-order valence-corrected chi connectivity index (χ3v) is 4.69. The number of aromatic nitrogens is 2. The van der Waals surface area contributed by atoms with E-state index < -0.39 is 0 Å². The van der Waals surface area contributed by atoms with Gasteiger partial charge in [-0.25, -0.2) is 4.98 Å². The van der Waals surface area contributed by atoms with Crippen molar-refractivity contribution in [2.75, 3.05) is 13.1 Å². The molecule has 0 saturated heterocycles. The quantitative estimate of drug-likeness (QED) is 0.597. The average molecular weight is 402 g/mol. The minimum absolute atomic E-state index is 0.0771. The zero-order valence-corrected chi connectivity index (χ0v) is 17.1. The van der Waals surface area contributed by atoms with E-state index in [1.165, 1.54) is 11.8 Å². The topological polar surface area (TPSA) is 75.2 Å². The van der Waals surface area contributed by atoms with E-state index in [0.29, 0.717) is 19.6 Å². The number of nitrogens with zero attached hydrogens (tertiary/aromatic N) is 3. The Morgan fingerprint density at radius 3 is 2.20 bits per heavy atom. The van der Waals surface area contributed by atoms with Gasteiger partial charge >= 0.3 is 0 Å². The molecular formula is C24H26N4O2. The van der Waals surface area contributed by atoms with Gasteiger partial charge in [-0.05, 0) is 24.5 Å². The molecular weight excluding hydrogens is 376 g/mol. The summed E-state index contributed by atoms with van der Waals surface area (Å²) in [7, 11) is 0. The van der Waals surface area contributed by atoms with Gasteiger partial charge in [0.2, 0.25) is 5.91 Å². The first-order valence-corrected chi connectivity index (χ1v) is 10.0. The number of hydrogen-bond acceptors (Lipinski definition) is 4. The van der Waals surface area contributed by atoms with Crippen molar-refractivity contribution in [2.45, 2.75) is 26.3 Å². The summed E-state index contributed by atoms with van der Waals surface area (Å²) in [5, 5.41) is 2.93. The van der Waals surface area contributed by atoms with E-state index in [-0.39, 0.29) is 23.9 Å². The molecule has 0 saturated carbocycles. The number of aryl methyl sites for hydroxylation is 1. The van der Waals surface area contributed by atoms with Crippen LogP contribution < -0.4 is 5.32 Å². The van der Waals surface area contributed by atoms with Gasteiger partial charge in [0.05, 0.1) is 11.9 Å². The van der Waals surface area contributed by atoms with Crippen molar-refractivity contribution in [3.63, 3.8) is 0 Å². The Bertz CT molecular complexity index is 944. The third-order valence-electron chi connectivity index (χ3n) is 4.69. The molecule has 0 spiro atoms. The van der Waals surface area contributed by atoms with Crippen molar-refractivity contribution in [1.29, 1.82) is 0 Å². The van der Waals surface area contributed by atoms with Crippen LogP contribution >= 0.6 is 0 Å². The van der Waals surface area contributed by atoms with Gasteiger partial charge in [-0.3, -0.25) is 14.6 Å². The molecule has 0 aliphatic carbocycles. The molecule has 0 unspecified atom stereocenters. The molecule has 0 bridgehead atoms. The molecule has 6 heteroatoms. The van der Waals surface area contributed by atoms with Crippen LogP contribution in [0.2, 0.25) is 0 Å². The lowest BCUT2D eigenvalue weighted by molar-refractivity contribution is -0.121. The average Bonchev–Trinajstić information content (AvgIpc) is 2.78. The lowest BCUT2D eigenvalue weighted by atomic mass is 10.1. The molecule has 1 aromatic heterocycles. The summed E-state index contributed by atoms with van der Waals surface area (Å²) in [5.41, 5.74) is 3.20. The van der Waals surface area contributed by atoms with Crippen LogP contribution in [0.1, 0.15) is 33.7 Å². The summed E-state index contributed by atoms with van der Waals surface area (Å²) < 4.78 is 0. The minimum atomic E-state index is -0.233. The zero-order chi connectivity index (χ0) is 21.2. The van der Waals surface area contributed by atoms with Crippen LogP contribution in [0.5, 0.6) is 0 Å². The third kappa shape index (κ3) is 6.51. The molecule has 0 aliphatic heterocycles. The number of carbonyl (C=O) groups excluding carboxylic acids is 2. The van der Waals surface area contributed by atoms with Crippen molar-refractivity contribution in [3.8, 4) is 0 Å². The van der Waals surface area contributed by atoms with Crippen LogP contribution in [0.4, 0.5) is 0 Å². The lowest BCUT2D eigenvalue weighted by Crippen LogP contribution is -2.35. The lowest BCUT2D eigenvalue weighted by Gasteiger charge is -2.22. The molecule has 6 nitrogen and oxygen atoms in total. The van der Waals surface area contributed by atoms with Gasteiger partial charge < -0.3 is 10.2 Å². The van der Waals surface area contributed by atoms with E-state index in [0.717, 1.165) is 17.7 Å². The molecule has 3 rings (SSSR count). The van der Waals surface area contributed by atoms with E-state index in [1.807, 2.05) is 67.6 Å². The predicted molar refractivity (Wildman–Crippen MR) is 116 cm³/mol. The Morgan fingerprint density at radius 2 is 1.57 bits per heavy atom. The minimum Gasteiger partial charge on any atom is -0.356 e. The monoisotopic (exact) mass is 402 g/mol. The van der Waals surface area contributed by atoms with Crippen LogP contribution in [0.3, 0.4) is 0 Å². The Kier molecular flexibility index (Phi) is 7.66. The molecule has 1 N–H and O–H groups in total. The smallest absolute Gasteiger partial charge is 0.274 e. The van der Waals surface area contributed by atoms with Gasteiger partial charge in [0.15, 0.2) is 0 Å². The fraction of sp³-hybridized carbons (Fsp3) is 0.250. The second-order valence-corrected chi connectivity index (χ2v) is 7.09. The van der Waals surface area contributed by atoms with Crippen LogP contribution in [0, 0.1) is 6.92 Å². The van der Waals surface area contributed by atoms with Crippen molar-refractivity contribution < 1.29 is 9.59 Å². The molecule has 2 aromatic carbocycles. The highest BCUT2D eigenvalue weighted by atomic mass is 16.2. The molecule has 3 aromatic rings. The number of amides is 2. The molecule has 2 amide bonds. The first kappa shape index (κ1) is 21.2. The summed E-state index contributed by atoms with van der Waals surface area (Å²) in [6.07, 6.45) is 4.06. The number of nitrogens with one attached hydrogen (secondary N) is 1. The zero-order valence-electron chi connectivity index (χ0n) is 17.1. The van der Waals surface area contributed by atoms with E-state index in [2.05, 4.69) is 15.3 Å². The van der Waals surface area contributed by atoms with Crippen LogP contribution in [0.25, 0.3) is 0 Å². The molecule has 1 heterocycles. The van der Waals surface area contributed by atoms with Crippen molar-refractivity contribution in [3.05, 3.63) is 95.6 Å². The fourth-order valence-electron chi connectivity index (χ4n) is 3.04. The Hall–Kier alpha value is -3.54. The number of benzene rings is 2. The van der Waals surface area contributed by atoms with Crippen molar-refractivity contribution >= 4 is 11.8 Å². The highest BCUT2D eigenvalue weighted by Gasteiger charge is 2.19. The van der Waals surface area contributed by atoms with E-state index in [9.17, 15) is 9.59 Å². The molecule has 0 atom stereocenters. The predicted octanol–water partition coefficient (Wildman–Crippen LogP) is 3.18. The fourth-order valence-corrected chi connectivity index (χ4v) is 3.04. The Morgan fingerprint density at radius 1 is 0.900 bits per heavy atom. The first-order chi connectivity index (χ1) is 14.6. The Balaban J connectivity index is 1.58. The van der Waals surface area contributed by atoms with Gasteiger partial charge in [-0.1, -0.05) is 60.7 Å². The first-order valence-electron chi connectivity index (χ1n) is 10.0. The summed E-state index contributed by atoms with van der Waals surface area (Å²) in [5.74, 6) is -0.310. The Labute approximate surface area is 177 Å². The second-order valence-electron chi connectivity index (χ2n) is 7.09. The highest BCUT2D eigenvalue weighted by molar-refractivity contribution is 5.92. The normalized spacial score (nSPS) is 10.4. The van der Waals surface area contributed by atoms with Crippen LogP contribution in [-0.2, 0) is 17.8 Å². The van der Waals surface area contributed by atoms with Gasteiger partial charge in [-0.15, -0.1) is 0 Å². The largest absolute Gasteiger partial charge is 0.356 e. The standard InChI is InChI=1S/C24H26N4O2/c1-19-16-27-22(17-26-19)24(30)28(18-21-10-6-3-7-11-21)15-13-23(29)25-14-12-20-8-4-2-5-9-20/h2-11,16-17H,12-15,18H2,1H3,(H,25,29). The second kappa shape index (κ2) is 10.9. The summed E-state index contributed by atoms with van der Waals surface area (Å²) in [6, 6.07) is 19.7. The maximum absolute atomic E-state index is 13.0. The molecule has 0 radical (unpaired) electrons. The molecule has 30 heavy (non-hydrogen) atoms. The maximum atomic E-state index is 13.0. The summed E-state index contributed by atoms with van der Waals surface area (Å²) in [4.78, 5) is 35.3. The van der Waals surface area contributed by atoms with Gasteiger partial charge in [-0.2, -0.15) is 0 Å². The molecule has 0 aliphatic rings. The van der Waals surface area contributed by atoms with Crippen LogP contribution in [0.15, 0.2) is 73.1 Å². The van der Waals surface area contributed by atoms with Gasteiger partial charge in [0, 0.05) is 32.3 Å². The molecule has 0 fully saturated rings. The number of carbonyl (C=O) groups is 2. The van der Waals surface area contributed by atoms with Gasteiger partial charge in [0.25, 0.3) is 5.91 Å². The van der Waals surface area contributed by atoms with Crippen LogP contribution in [-0.4, -0.2) is 39.8 Å². The van der Waals surface area contributed by atoms with Crippen molar-refractivity contribution in [1.82, 2.24) is 20.2 Å². The summed E-state index contributed by atoms with van der Waals surface area (Å²) in [6.45, 7) is 3.11. The van der Waals surface area contributed by atoms with E-state index in [4.69, 9.17) is 0 Å².